The molecule has 43 heavy (non-hydrogen) atoms. The van der Waals surface area contributed by atoms with E-state index in [1.165, 1.54) is 17.0 Å². The number of carbonyl (C=O) groups is 3. The number of nitrogens with zero attached hydrogens (tertiary/aromatic N) is 2. The molecular formula is C34H41FN4O4. The van der Waals surface area contributed by atoms with Crippen molar-refractivity contribution in [2.45, 2.75) is 83.2 Å². The van der Waals surface area contributed by atoms with Gasteiger partial charge in [-0.15, -0.1) is 0 Å². The molecule has 1 saturated carbocycles. The summed E-state index contributed by atoms with van der Waals surface area (Å²) in [7, 11) is 0. The predicted molar refractivity (Wildman–Crippen MR) is 165 cm³/mol. The number of ether oxygens (including phenoxy) is 1. The van der Waals surface area contributed by atoms with Crippen LogP contribution in [0.4, 0.5) is 15.9 Å². The van der Waals surface area contributed by atoms with Crippen LogP contribution in [-0.4, -0.2) is 35.4 Å². The number of rotatable bonds is 14. The Morgan fingerprint density at radius 3 is 2.37 bits per heavy atom. The average Bonchev–Trinajstić information content (AvgIpc) is 3.02. The highest BCUT2D eigenvalue weighted by Crippen LogP contribution is 2.31. The largest absolute Gasteiger partial charge is 0.494 e. The average molecular weight is 589 g/mol. The number of carbonyl (C=O) groups excluding carboxylic acids is 3. The normalized spacial score (nSPS) is 14.0. The lowest BCUT2D eigenvalue weighted by molar-refractivity contribution is -0.127. The molecule has 9 heteroatoms. The van der Waals surface area contributed by atoms with Crippen LogP contribution in [0.3, 0.4) is 0 Å². The van der Waals surface area contributed by atoms with Gasteiger partial charge in [0.25, 0.3) is 0 Å². The molecule has 3 amide bonds. The van der Waals surface area contributed by atoms with Gasteiger partial charge < -0.3 is 15.4 Å². The van der Waals surface area contributed by atoms with Gasteiger partial charge in [0.2, 0.25) is 17.7 Å². The minimum absolute atomic E-state index is 0.0192. The minimum atomic E-state index is -1.02. The third-order valence-electron chi connectivity index (χ3n) is 7.52. The van der Waals surface area contributed by atoms with Crippen molar-refractivity contribution in [1.82, 2.24) is 10.3 Å². The van der Waals surface area contributed by atoms with Crippen molar-refractivity contribution in [1.29, 1.82) is 0 Å². The number of benzene rings is 2. The monoisotopic (exact) mass is 588 g/mol. The zero-order valence-electron chi connectivity index (χ0n) is 24.8. The number of nitrogens with one attached hydrogen (secondary N) is 2. The molecule has 2 N–H and O–H groups in total. The second-order valence-electron chi connectivity index (χ2n) is 10.9. The SMILES string of the molecule is CCCCOc1ccc(N(C(=O)CCCC(=O)Nc2ccccn2)[C@H](C(=O)NC2CCCCC2)c2ccc(F)cc2)cc1. The molecule has 0 aliphatic heterocycles. The number of unbranched alkanes of at least 4 members (excludes halogenated alkanes) is 1. The van der Waals surface area contributed by atoms with E-state index < -0.39 is 11.9 Å². The Labute approximate surface area is 253 Å². The highest BCUT2D eigenvalue weighted by Gasteiger charge is 2.34. The Kier molecular flexibility index (Phi) is 12.1. The zero-order chi connectivity index (χ0) is 30.4. The van der Waals surface area contributed by atoms with Gasteiger partial charge in [-0.2, -0.15) is 0 Å². The summed E-state index contributed by atoms with van der Waals surface area (Å²) in [5.41, 5.74) is 1.01. The quantitative estimate of drug-likeness (QED) is 0.203. The lowest BCUT2D eigenvalue weighted by Crippen LogP contribution is -2.47. The fourth-order valence-electron chi connectivity index (χ4n) is 5.23. The lowest BCUT2D eigenvalue weighted by atomic mass is 9.94. The van der Waals surface area contributed by atoms with Crippen LogP contribution >= 0.6 is 0 Å². The molecule has 0 saturated heterocycles. The van der Waals surface area contributed by atoms with Crippen LogP contribution in [0.5, 0.6) is 5.75 Å². The summed E-state index contributed by atoms with van der Waals surface area (Å²) in [5, 5.41) is 5.89. The molecule has 1 aliphatic rings. The molecular weight excluding hydrogens is 547 g/mol. The second-order valence-corrected chi connectivity index (χ2v) is 10.9. The highest BCUT2D eigenvalue weighted by atomic mass is 19.1. The maximum Gasteiger partial charge on any atom is 0.248 e. The number of halogens is 1. The van der Waals surface area contributed by atoms with E-state index >= 15 is 0 Å². The summed E-state index contributed by atoms with van der Waals surface area (Å²) in [6, 6.07) is 17.0. The van der Waals surface area contributed by atoms with Gasteiger partial charge in [-0.1, -0.05) is 50.8 Å². The fraction of sp³-hybridized carbons (Fsp3) is 0.412. The molecule has 3 aromatic rings. The van der Waals surface area contributed by atoms with E-state index in [4.69, 9.17) is 4.74 Å². The van der Waals surface area contributed by atoms with Crippen molar-refractivity contribution in [2.75, 3.05) is 16.8 Å². The minimum Gasteiger partial charge on any atom is -0.494 e. The van der Waals surface area contributed by atoms with Gasteiger partial charge in [0.1, 0.15) is 23.4 Å². The third kappa shape index (κ3) is 9.63. The van der Waals surface area contributed by atoms with Crippen LogP contribution in [-0.2, 0) is 14.4 Å². The summed E-state index contributed by atoms with van der Waals surface area (Å²) < 4.78 is 19.8. The van der Waals surface area contributed by atoms with Gasteiger partial charge in [0.15, 0.2) is 0 Å². The zero-order valence-corrected chi connectivity index (χ0v) is 24.8. The standard InChI is InChI=1S/C34H41FN4O4/c1-2-3-24-43-29-21-19-28(20-22-29)39(32(41)14-9-13-31(40)38-30-12-7-8-23-36-30)33(25-15-17-26(35)18-16-25)34(42)37-27-10-5-4-6-11-27/h7-8,12,15-23,27,33H,2-6,9-11,13-14,24H2,1H3,(H,37,42)(H,36,38,40)/t33-/m0/s1. The van der Waals surface area contributed by atoms with Gasteiger partial charge >= 0.3 is 0 Å². The van der Waals surface area contributed by atoms with E-state index in [1.54, 1.807) is 60.8 Å². The second kappa shape index (κ2) is 16.4. The topological polar surface area (TPSA) is 101 Å². The van der Waals surface area contributed by atoms with Crippen LogP contribution in [0.15, 0.2) is 72.9 Å². The van der Waals surface area contributed by atoms with Crippen molar-refractivity contribution in [3.63, 3.8) is 0 Å². The smallest absolute Gasteiger partial charge is 0.248 e. The van der Waals surface area contributed by atoms with Gasteiger partial charge in [-0.3, -0.25) is 19.3 Å². The summed E-state index contributed by atoms with van der Waals surface area (Å²) in [6.45, 7) is 2.67. The van der Waals surface area contributed by atoms with E-state index in [9.17, 15) is 18.8 Å². The van der Waals surface area contributed by atoms with Crippen molar-refractivity contribution < 1.29 is 23.5 Å². The molecule has 0 radical (unpaired) electrons. The number of pyridine rings is 1. The van der Waals surface area contributed by atoms with Crippen molar-refractivity contribution in [3.05, 3.63) is 84.3 Å². The Morgan fingerprint density at radius 2 is 1.70 bits per heavy atom. The first kappa shape index (κ1) is 31.7. The maximum absolute atomic E-state index is 14.0. The number of amides is 3. The van der Waals surface area contributed by atoms with E-state index in [-0.39, 0.29) is 43.0 Å². The summed E-state index contributed by atoms with van der Waals surface area (Å²) in [4.78, 5) is 46.0. The van der Waals surface area contributed by atoms with E-state index in [0.717, 1.165) is 44.9 Å². The first-order valence-electron chi connectivity index (χ1n) is 15.3. The summed E-state index contributed by atoms with van der Waals surface area (Å²) in [5.74, 6) is -0.211. The van der Waals surface area contributed by atoms with Crippen molar-refractivity contribution >= 4 is 29.2 Å². The molecule has 8 nitrogen and oxygen atoms in total. The Morgan fingerprint density at radius 1 is 0.953 bits per heavy atom. The highest BCUT2D eigenvalue weighted by molar-refractivity contribution is 6.01. The molecule has 0 unspecified atom stereocenters. The van der Waals surface area contributed by atoms with E-state index in [2.05, 4.69) is 22.5 Å². The lowest BCUT2D eigenvalue weighted by Gasteiger charge is -2.33. The molecule has 228 valence electrons. The van der Waals surface area contributed by atoms with E-state index in [1.807, 2.05) is 0 Å². The number of anilines is 2. The Balaban J connectivity index is 1.58. The molecule has 0 bridgehead atoms. The van der Waals surface area contributed by atoms with E-state index in [0.29, 0.717) is 29.4 Å². The molecule has 1 aliphatic carbocycles. The van der Waals surface area contributed by atoms with Gasteiger partial charge in [-0.25, -0.2) is 9.37 Å². The van der Waals surface area contributed by atoms with Crippen LogP contribution in [0, 0.1) is 5.82 Å². The summed E-state index contributed by atoms with van der Waals surface area (Å²) in [6.07, 6.45) is 8.90. The van der Waals surface area contributed by atoms with Crippen LogP contribution < -0.4 is 20.3 Å². The molecule has 2 aromatic carbocycles. The number of hydrogen-bond donors (Lipinski definition) is 2. The van der Waals surface area contributed by atoms with Gasteiger partial charge in [0.05, 0.1) is 6.61 Å². The Hall–Kier alpha value is -4.27. The first-order valence-corrected chi connectivity index (χ1v) is 15.3. The van der Waals surface area contributed by atoms with Crippen LogP contribution in [0.25, 0.3) is 0 Å². The number of aromatic nitrogens is 1. The Bertz CT molecular complexity index is 1310. The molecule has 1 aromatic heterocycles. The third-order valence-corrected chi connectivity index (χ3v) is 7.52. The van der Waals surface area contributed by atoms with Crippen LogP contribution in [0.1, 0.15) is 82.7 Å². The molecule has 1 fully saturated rings. The molecule has 4 rings (SSSR count). The molecule has 1 atom stereocenters. The predicted octanol–water partition coefficient (Wildman–Crippen LogP) is 6.73. The van der Waals surface area contributed by atoms with Gasteiger partial charge in [-0.05, 0) is 79.8 Å². The van der Waals surface area contributed by atoms with Crippen molar-refractivity contribution in [2.24, 2.45) is 0 Å². The van der Waals surface area contributed by atoms with Crippen molar-refractivity contribution in [3.8, 4) is 5.75 Å². The number of hydrogen-bond acceptors (Lipinski definition) is 5. The summed E-state index contributed by atoms with van der Waals surface area (Å²) >= 11 is 0. The maximum atomic E-state index is 14.0. The fourth-order valence-corrected chi connectivity index (χ4v) is 5.23. The van der Waals surface area contributed by atoms with Crippen LogP contribution in [0.2, 0.25) is 0 Å². The molecule has 1 heterocycles. The van der Waals surface area contributed by atoms with Gasteiger partial charge in [0, 0.05) is 30.8 Å². The molecule has 0 spiro atoms. The first-order chi connectivity index (χ1) is 20.9.